The maximum Gasteiger partial charge on any atom is 0.412 e. The van der Waals surface area contributed by atoms with E-state index in [2.05, 4.69) is 5.32 Å². The van der Waals surface area contributed by atoms with Crippen molar-refractivity contribution < 1.29 is 19.4 Å². The van der Waals surface area contributed by atoms with Gasteiger partial charge in [-0.05, 0) is 51.8 Å². The summed E-state index contributed by atoms with van der Waals surface area (Å²) in [5.41, 5.74) is 1.18. The summed E-state index contributed by atoms with van der Waals surface area (Å²) in [6.07, 6.45) is -0.668. The second-order valence-corrected chi connectivity index (χ2v) is 5.36. The Labute approximate surface area is 112 Å². The van der Waals surface area contributed by atoms with E-state index in [0.29, 0.717) is 5.56 Å². The smallest absolute Gasteiger partial charge is 0.412 e. The summed E-state index contributed by atoms with van der Waals surface area (Å²) in [6, 6.07) is 3.32. The van der Waals surface area contributed by atoms with Gasteiger partial charge >= 0.3 is 12.1 Å². The monoisotopic (exact) mass is 265 g/mol. The fraction of sp³-hybridized carbons (Fsp3) is 0.429. The molecule has 5 heteroatoms. The largest absolute Gasteiger partial charge is 0.478 e. The molecular formula is C14H19NO4. The Morgan fingerprint density at radius 2 is 1.79 bits per heavy atom. The van der Waals surface area contributed by atoms with Gasteiger partial charge in [0.15, 0.2) is 0 Å². The number of aromatic carboxylic acids is 1. The molecule has 2 N–H and O–H groups in total. The van der Waals surface area contributed by atoms with E-state index in [4.69, 9.17) is 4.74 Å². The molecule has 0 radical (unpaired) electrons. The molecule has 0 aromatic heterocycles. The third-order valence-electron chi connectivity index (χ3n) is 2.59. The van der Waals surface area contributed by atoms with Gasteiger partial charge in [-0.2, -0.15) is 0 Å². The van der Waals surface area contributed by atoms with Gasteiger partial charge in [-0.3, -0.25) is 5.32 Å². The molecule has 5 nitrogen and oxygen atoms in total. The summed E-state index contributed by atoms with van der Waals surface area (Å²) in [5.74, 6) is -1.08. The Hall–Kier alpha value is -2.04. The number of rotatable bonds is 2. The van der Waals surface area contributed by atoms with Crippen LogP contribution in [0.1, 0.15) is 42.3 Å². The molecular weight excluding hydrogens is 246 g/mol. The minimum absolute atomic E-state index is 0.0888. The first kappa shape index (κ1) is 15.0. The van der Waals surface area contributed by atoms with Gasteiger partial charge in [-0.25, -0.2) is 9.59 Å². The van der Waals surface area contributed by atoms with Gasteiger partial charge in [0.05, 0.1) is 11.3 Å². The minimum Gasteiger partial charge on any atom is -0.478 e. The number of hydrogen-bond donors (Lipinski definition) is 2. The van der Waals surface area contributed by atoms with E-state index in [1.807, 2.05) is 6.92 Å². The molecule has 0 atom stereocenters. The van der Waals surface area contributed by atoms with E-state index in [1.165, 1.54) is 0 Å². The average molecular weight is 265 g/mol. The van der Waals surface area contributed by atoms with Crippen LogP contribution in [0.5, 0.6) is 0 Å². The fourth-order valence-electron chi connectivity index (χ4n) is 1.61. The lowest BCUT2D eigenvalue weighted by atomic mass is 10.0. The number of carboxylic acids is 1. The van der Waals surface area contributed by atoms with Crippen LogP contribution in [0.25, 0.3) is 0 Å². The van der Waals surface area contributed by atoms with Crippen LogP contribution < -0.4 is 5.32 Å². The fourth-order valence-corrected chi connectivity index (χ4v) is 1.61. The second kappa shape index (κ2) is 5.30. The van der Waals surface area contributed by atoms with Crippen LogP contribution >= 0.6 is 0 Å². The van der Waals surface area contributed by atoms with E-state index < -0.39 is 17.7 Å². The van der Waals surface area contributed by atoms with Crippen molar-refractivity contribution in [2.45, 2.75) is 40.2 Å². The maximum absolute atomic E-state index is 11.7. The topological polar surface area (TPSA) is 75.6 Å². The molecule has 0 heterocycles. The molecule has 1 aromatic carbocycles. The van der Waals surface area contributed by atoms with Crippen molar-refractivity contribution in [3.8, 4) is 0 Å². The van der Waals surface area contributed by atoms with Crippen molar-refractivity contribution in [1.29, 1.82) is 0 Å². The molecule has 0 aliphatic heterocycles. The molecule has 104 valence electrons. The van der Waals surface area contributed by atoms with E-state index in [0.717, 1.165) is 5.56 Å². The van der Waals surface area contributed by atoms with E-state index >= 15 is 0 Å². The van der Waals surface area contributed by atoms with Gasteiger partial charge in [-0.15, -0.1) is 0 Å². The number of carbonyl (C=O) groups is 2. The van der Waals surface area contributed by atoms with E-state index in [9.17, 15) is 14.7 Å². The Balaban J connectivity index is 3.05. The van der Waals surface area contributed by atoms with Crippen molar-refractivity contribution in [2.75, 3.05) is 5.32 Å². The molecule has 0 saturated carbocycles. The molecule has 0 unspecified atom stereocenters. The number of hydrogen-bond acceptors (Lipinski definition) is 3. The van der Waals surface area contributed by atoms with Crippen LogP contribution in [-0.4, -0.2) is 22.8 Å². The molecule has 1 amide bonds. The lowest BCUT2D eigenvalue weighted by molar-refractivity contribution is 0.0636. The first-order chi connectivity index (χ1) is 8.61. The SMILES string of the molecule is Cc1ccc(NC(=O)OC(C)(C)C)c(C(=O)O)c1C. The molecule has 1 rings (SSSR count). The van der Waals surface area contributed by atoms with Crippen molar-refractivity contribution in [3.63, 3.8) is 0 Å². The predicted molar refractivity (Wildman–Crippen MR) is 72.7 cm³/mol. The first-order valence-electron chi connectivity index (χ1n) is 5.95. The summed E-state index contributed by atoms with van der Waals surface area (Å²) < 4.78 is 5.10. The highest BCUT2D eigenvalue weighted by Gasteiger charge is 2.20. The van der Waals surface area contributed by atoms with Gasteiger partial charge in [0.25, 0.3) is 0 Å². The second-order valence-electron chi connectivity index (χ2n) is 5.36. The molecule has 0 aliphatic rings. The molecule has 0 fully saturated rings. The average Bonchev–Trinajstić information content (AvgIpc) is 2.20. The molecule has 1 aromatic rings. The number of anilines is 1. The first-order valence-corrected chi connectivity index (χ1v) is 5.95. The number of benzene rings is 1. The maximum atomic E-state index is 11.7. The highest BCUT2D eigenvalue weighted by molar-refractivity contribution is 6.00. The van der Waals surface area contributed by atoms with Crippen LogP contribution in [0.4, 0.5) is 10.5 Å². The van der Waals surface area contributed by atoms with Gasteiger partial charge in [0.2, 0.25) is 0 Å². The molecule has 0 spiro atoms. The molecule has 0 bridgehead atoms. The van der Waals surface area contributed by atoms with Gasteiger partial charge in [0, 0.05) is 0 Å². The predicted octanol–water partition coefficient (Wildman–Crippen LogP) is 3.35. The summed E-state index contributed by atoms with van der Waals surface area (Å²) >= 11 is 0. The highest BCUT2D eigenvalue weighted by Crippen LogP contribution is 2.23. The summed E-state index contributed by atoms with van der Waals surface area (Å²) in [5, 5.41) is 11.7. The van der Waals surface area contributed by atoms with Crippen molar-refractivity contribution in [1.82, 2.24) is 0 Å². The third kappa shape index (κ3) is 3.98. The lowest BCUT2D eigenvalue weighted by Crippen LogP contribution is -2.28. The van der Waals surface area contributed by atoms with Crippen LogP contribution in [0, 0.1) is 13.8 Å². The summed E-state index contributed by atoms with van der Waals surface area (Å²) in [4.78, 5) is 22.9. The quantitative estimate of drug-likeness (QED) is 0.859. The zero-order chi connectivity index (χ0) is 14.8. The van der Waals surface area contributed by atoms with Crippen LogP contribution in [0.2, 0.25) is 0 Å². The molecule has 0 saturated heterocycles. The van der Waals surface area contributed by atoms with Crippen molar-refractivity contribution >= 4 is 17.7 Å². The summed E-state index contributed by atoms with van der Waals surface area (Å²) in [6.45, 7) is 8.75. The van der Waals surface area contributed by atoms with Crippen LogP contribution in [0.3, 0.4) is 0 Å². The van der Waals surface area contributed by atoms with E-state index in [1.54, 1.807) is 39.8 Å². The van der Waals surface area contributed by atoms with Crippen LogP contribution in [0.15, 0.2) is 12.1 Å². The van der Waals surface area contributed by atoms with Crippen molar-refractivity contribution in [3.05, 3.63) is 28.8 Å². The number of amides is 1. The van der Waals surface area contributed by atoms with Gasteiger partial charge in [-0.1, -0.05) is 6.07 Å². The Bertz CT molecular complexity index is 515. The lowest BCUT2D eigenvalue weighted by Gasteiger charge is -2.20. The number of ether oxygens (including phenoxy) is 1. The Morgan fingerprint density at radius 3 is 2.26 bits per heavy atom. The Morgan fingerprint density at radius 1 is 1.21 bits per heavy atom. The number of carbonyl (C=O) groups excluding carboxylic acids is 1. The Kier molecular flexibility index (Phi) is 4.19. The standard InChI is InChI=1S/C14H19NO4/c1-8-6-7-10(11(9(8)2)12(16)17)15-13(18)19-14(3,4)5/h6-7H,1-5H3,(H,15,18)(H,16,17). The normalized spacial score (nSPS) is 11.0. The highest BCUT2D eigenvalue weighted by atomic mass is 16.6. The zero-order valence-corrected chi connectivity index (χ0v) is 11.8. The van der Waals surface area contributed by atoms with Crippen LogP contribution in [-0.2, 0) is 4.74 Å². The molecule has 0 aliphatic carbocycles. The number of carboxylic acid groups (broad SMARTS) is 1. The van der Waals surface area contributed by atoms with E-state index in [-0.39, 0.29) is 11.3 Å². The zero-order valence-electron chi connectivity index (χ0n) is 11.8. The number of aryl methyl sites for hydroxylation is 1. The number of nitrogens with one attached hydrogen (secondary N) is 1. The minimum atomic E-state index is -1.08. The van der Waals surface area contributed by atoms with Gasteiger partial charge < -0.3 is 9.84 Å². The van der Waals surface area contributed by atoms with Gasteiger partial charge in [0.1, 0.15) is 5.60 Å². The third-order valence-corrected chi connectivity index (χ3v) is 2.59. The molecule has 19 heavy (non-hydrogen) atoms. The summed E-state index contributed by atoms with van der Waals surface area (Å²) in [7, 11) is 0. The van der Waals surface area contributed by atoms with Crippen molar-refractivity contribution in [2.24, 2.45) is 0 Å².